The van der Waals surface area contributed by atoms with E-state index in [1.54, 1.807) is 12.5 Å². The van der Waals surface area contributed by atoms with Crippen LogP contribution in [0, 0.1) is 5.92 Å². The Morgan fingerprint density at radius 1 is 1.41 bits per heavy atom. The number of ether oxygens (including phenoxy) is 1. The monoisotopic (exact) mass is 440 g/mol. The van der Waals surface area contributed by atoms with Gasteiger partial charge in [-0.2, -0.15) is 4.31 Å². The van der Waals surface area contributed by atoms with E-state index < -0.39 is 10.0 Å². The van der Waals surface area contributed by atoms with Crippen LogP contribution in [0.15, 0.2) is 41.8 Å². The number of amides is 1. The van der Waals surface area contributed by atoms with Crippen LogP contribution in [0.3, 0.4) is 0 Å². The molecule has 0 aliphatic carbocycles. The van der Waals surface area contributed by atoms with Gasteiger partial charge in [0.05, 0.1) is 29.3 Å². The SMILES string of the molecule is COc1ccc(S(=O)(=O)N2CCC[C@H](C(=O)NCCCn3ccnc3)C2)cc1Cl. The molecule has 1 aliphatic rings. The number of carbonyl (C=O) groups excluding carboxylic acids is 1. The highest BCUT2D eigenvalue weighted by Crippen LogP contribution is 2.30. The Labute approximate surface area is 175 Å². The standard InChI is InChI=1S/C19H25ClN4O4S/c1-28-18-6-5-16(12-17(18)20)29(26,27)24-10-2-4-15(13-24)19(25)22-7-3-9-23-11-8-21-14-23/h5-6,8,11-12,14-15H,2-4,7,9-10,13H2,1H3,(H,22,25)/t15-/m0/s1. The Hall–Kier alpha value is -2.10. The lowest BCUT2D eigenvalue weighted by atomic mass is 9.99. The summed E-state index contributed by atoms with van der Waals surface area (Å²) >= 11 is 6.08. The van der Waals surface area contributed by atoms with Crippen LogP contribution in [0.4, 0.5) is 0 Å². The molecule has 0 radical (unpaired) electrons. The maximum absolute atomic E-state index is 13.0. The highest BCUT2D eigenvalue weighted by Gasteiger charge is 2.33. The number of aromatic nitrogens is 2. The maximum atomic E-state index is 13.0. The number of imidazole rings is 1. The number of piperidine rings is 1. The average molecular weight is 441 g/mol. The smallest absolute Gasteiger partial charge is 0.243 e. The van der Waals surface area contributed by atoms with E-state index in [1.165, 1.54) is 29.6 Å². The Morgan fingerprint density at radius 3 is 2.93 bits per heavy atom. The molecule has 0 saturated carbocycles. The van der Waals surface area contributed by atoms with E-state index in [0.29, 0.717) is 31.7 Å². The number of aryl methyl sites for hydroxylation is 1. The second kappa shape index (κ2) is 9.60. The summed E-state index contributed by atoms with van der Waals surface area (Å²) in [6, 6.07) is 4.39. The molecule has 1 atom stereocenters. The first kappa shape index (κ1) is 21.6. The van der Waals surface area contributed by atoms with Crippen LogP contribution in [0.1, 0.15) is 19.3 Å². The van der Waals surface area contributed by atoms with Crippen molar-refractivity contribution >= 4 is 27.5 Å². The Balaban J connectivity index is 1.57. The first-order valence-corrected chi connectivity index (χ1v) is 11.3. The zero-order valence-corrected chi connectivity index (χ0v) is 17.8. The molecule has 1 aromatic heterocycles. The van der Waals surface area contributed by atoms with Gasteiger partial charge in [0.15, 0.2) is 0 Å². The number of benzene rings is 1. The average Bonchev–Trinajstić information content (AvgIpc) is 3.24. The third-order valence-corrected chi connectivity index (χ3v) is 7.12. The number of carbonyl (C=O) groups is 1. The normalized spacial score (nSPS) is 17.8. The zero-order valence-electron chi connectivity index (χ0n) is 16.3. The van der Waals surface area contributed by atoms with Crippen LogP contribution in [-0.2, 0) is 21.4 Å². The van der Waals surface area contributed by atoms with Crippen molar-refractivity contribution in [2.75, 3.05) is 26.7 Å². The van der Waals surface area contributed by atoms with Gasteiger partial charge >= 0.3 is 0 Å². The predicted octanol–water partition coefficient (Wildman–Crippen LogP) is 2.15. The largest absolute Gasteiger partial charge is 0.495 e. The van der Waals surface area contributed by atoms with Gasteiger partial charge < -0.3 is 14.6 Å². The summed E-state index contributed by atoms with van der Waals surface area (Å²) in [5.41, 5.74) is 0. The number of nitrogens with zero attached hydrogens (tertiary/aromatic N) is 3. The molecule has 1 N–H and O–H groups in total. The summed E-state index contributed by atoms with van der Waals surface area (Å²) in [4.78, 5) is 16.6. The quantitative estimate of drug-likeness (QED) is 0.635. The van der Waals surface area contributed by atoms with Crippen LogP contribution >= 0.6 is 11.6 Å². The van der Waals surface area contributed by atoms with Crippen molar-refractivity contribution in [2.45, 2.75) is 30.7 Å². The number of methoxy groups -OCH3 is 1. The van der Waals surface area contributed by atoms with Gasteiger partial charge in [-0.05, 0) is 37.5 Å². The van der Waals surface area contributed by atoms with Gasteiger partial charge in [-0.3, -0.25) is 4.79 Å². The Morgan fingerprint density at radius 2 is 2.24 bits per heavy atom. The molecule has 8 nitrogen and oxygen atoms in total. The first-order valence-electron chi connectivity index (χ1n) is 9.49. The number of hydrogen-bond acceptors (Lipinski definition) is 5. The molecule has 10 heteroatoms. The highest BCUT2D eigenvalue weighted by atomic mass is 35.5. The summed E-state index contributed by atoms with van der Waals surface area (Å²) in [6.07, 6.45) is 7.40. The molecule has 29 heavy (non-hydrogen) atoms. The van der Waals surface area contributed by atoms with Crippen molar-refractivity contribution in [2.24, 2.45) is 5.92 Å². The molecule has 2 aromatic rings. The van der Waals surface area contributed by atoms with Gasteiger partial charge in [0.2, 0.25) is 15.9 Å². The lowest BCUT2D eigenvalue weighted by Gasteiger charge is -2.31. The Kier molecular flexibility index (Phi) is 7.15. The minimum absolute atomic E-state index is 0.102. The predicted molar refractivity (Wildman–Crippen MR) is 109 cm³/mol. The molecule has 1 amide bonds. The second-order valence-corrected chi connectivity index (χ2v) is 9.29. The Bertz CT molecular complexity index is 934. The van der Waals surface area contributed by atoms with Crippen molar-refractivity contribution in [3.05, 3.63) is 41.9 Å². The second-order valence-electron chi connectivity index (χ2n) is 6.94. The molecule has 0 unspecified atom stereocenters. The van der Waals surface area contributed by atoms with E-state index >= 15 is 0 Å². The molecular weight excluding hydrogens is 416 g/mol. The summed E-state index contributed by atoms with van der Waals surface area (Å²) in [5.74, 6) is -0.0546. The van der Waals surface area contributed by atoms with E-state index in [0.717, 1.165) is 13.0 Å². The molecular formula is C19H25ClN4O4S. The van der Waals surface area contributed by atoms with E-state index in [4.69, 9.17) is 16.3 Å². The summed E-state index contributed by atoms with van der Waals surface area (Å²) in [5, 5.41) is 3.15. The number of hydrogen-bond donors (Lipinski definition) is 1. The number of rotatable bonds is 8. The minimum atomic E-state index is -3.73. The van der Waals surface area contributed by atoms with E-state index in [1.807, 2.05) is 10.8 Å². The van der Waals surface area contributed by atoms with E-state index in [-0.39, 0.29) is 28.3 Å². The van der Waals surface area contributed by atoms with Crippen LogP contribution in [-0.4, -0.2) is 54.9 Å². The number of sulfonamides is 1. The van der Waals surface area contributed by atoms with Gasteiger partial charge in [0.1, 0.15) is 5.75 Å². The lowest BCUT2D eigenvalue weighted by Crippen LogP contribution is -2.45. The van der Waals surface area contributed by atoms with E-state index in [2.05, 4.69) is 10.3 Å². The van der Waals surface area contributed by atoms with Crippen LogP contribution in [0.25, 0.3) is 0 Å². The zero-order chi connectivity index (χ0) is 20.9. The number of nitrogens with one attached hydrogen (secondary N) is 1. The van der Waals surface area contributed by atoms with Crippen LogP contribution in [0.5, 0.6) is 5.75 Å². The van der Waals surface area contributed by atoms with E-state index in [9.17, 15) is 13.2 Å². The maximum Gasteiger partial charge on any atom is 0.243 e. The molecule has 1 saturated heterocycles. The molecule has 1 aromatic carbocycles. The third kappa shape index (κ3) is 5.29. The van der Waals surface area contributed by atoms with Crippen molar-refractivity contribution in [1.29, 1.82) is 0 Å². The fraction of sp³-hybridized carbons (Fsp3) is 0.474. The van der Waals surface area contributed by atoms with Gasteiger partial charge in [-0.15, -0.1) is 0 Å². The van der Waals surface area contributed by atoms with Gasteiger partial charge in [-0.1, -0.05) is 11.6 Å². The fourth-order valence-electron chi connectivity index (χ4n) is 3.37. The molecule has 3 rings (SSSR count). The first-order chi connectivity index (χ1) is 13.9. The molecule has 0 bridgehead atoms. The van der Waals surface area contributed by atoms with Gasteiger partial charge in [-0.25, -0.2) is 13.4 Å². The molecule has 1 fully saturated rings. The number of halogens is 1. The molecule has 158 valence electrons. The lowest BCUT2D eigenvalue weighted by molar-refractivity contribution is -0.126. The highest BCUT2D eigenvalue weighted by molar-refractivity contribution is 7.89. The van der Waals surface area contributed by atoms with Crippen LogP contribution in [0.2, 0.25) is 5.02 Å². The van der Waals surface area contributed by atoms with Crippen molar-refractivity contribution in [3.63, 3.8) is 0 Å². The van der Waals surface area contributed by atoms with Crippen molar-refractivity contribution in [1.82, 2.24) is 19.2 Å². The fourth-order valence-corrected chi connectivity index (χ4v) is 5.24. The molecule has 2 heterocycles. The van der Waals surface area contributed by atoms with Gasteiger partial charge in [0, 0.05) is 38.6 Å². The summed E-state index contributed by atoms with van der Waals surface area (Å²) < 4.78 is 34.4. The topological polar surface area (TPSA) is 93.5 Å². The third-order valence-electron chi connectivity index (χ3n) is 4.97. The van der Waals surface area contributed by atoms with Crippen LogP contribution < -0.4 is 10.1 Å². The summed E-state index contributed by atoms with van der Waals surface area (Å²) in [6.45, 7) is 1.85. The minimum Gasteiger partial charge on any atom is -0.495 e. The summed E-state index contributed by atoms with van der Waals surface area (Å²) in [7, 11) is -2.26. The van der Waals surface area contributed by atoms with Gasteiger partial charge in [0.25, 0.3) is 0 Å². The van der Waals surface area contributed by atoms with Crippen molar-refractivity contribution in [3.8, 4) is 5.75 Å². The van der Waals surface area contributed by atoms with Crippen molar-refractivity contribution < 1.29 is 17.9 Å². The molecule has 0 spiro atoms. The molecule has 1 aliphatic heterocycles.